The second-order valence-electron chi connectivity index (χ2n) is 8.87. The lowest BCUT2D eigenvalue weighted by molar-refractivity contribution is 0.0141. The fourth-order valence-electron chi connectivity index (χ4n) is 3.68. The molecule has 0 atom stereocenters. The third-order valence-electron chi connectivity index (χ3n) is 5.33. The van der Waals surface area contributed by atoms with Crippen molar-refractivity contribution in [3.05, 3.63) is 28.8 Å². The molecule has 3 rings (SSSR count). The molecular weight excluding hydrogens is 442 g/mol. The number of sulfonamides is 1. The summed E-state index contributed by atoms with van der Waals surface area (Å²) in [6.07, 6.45) is 2.24. The van der Waals surface area contributed by atoms with Crippen molar-refractivity contribution in [1.29, 1.82) is 0 Å². The zero-order chi connectivity index (χ0) is 22.8. The molecule has 31 heavy (non-hydrogen) atoms. The molecule has 0 spiro atoms. The zero-order valence-corrected chi connectivity index (χ0v) is 19.8. The first-order chi connectivity index (χ1) is 14.5. The number of benzene rings is 1. The molecule has 0 radical (unpaired) electrons. The van der Waals surface area contributed by atoms with Gasteiger partial charge in [0.15, 0.2) is 0 Å². The minimum Gasteiger partial charge on any atom is -0.444 e. The normalized spacial score (nSPS) is 18.7. The maximum atomic E-state index is 13.0. The van der Waals surface area contributed by atoms with Gasteiger partial charge in [-0.05, 0) is 51.8 Å². The van der Waals surface area contributed by atoms with Gasteiger partial charge in [0.05, 0.1) is 5.02 Å². The van der Waals surface area contributed by atoms with Crippen LogP contribution in [-0.4, -0.2) is 79.4 Å². The van der Waals surface area contributed by atoms with Crippen LogP contribution in [0, 0.1) is 0 Å². The van der Waals surface area contributed by atoms with Crippen molar-refractivity contribution >= 4 is 33.6 Å². The van der Waals surface area contributed by atoms with E-state index in [0.29, 0.717) is 39.3 Å². The van der Waals surface area contributed by atoms with E-state index >= 15 is 0 Å². The standard InChI is InChI=1S/C21H30ClN3O5S/c1-21(2,3)30-20(27)24-13-11-23(12-14-24)19(26)16-7-8-17(22)18(15-16)31(28,29)25-9-5-4-6-10-25/h7-8,15H,4-6,9-14H2,1-3H3. The van der Waals surface area contributed by atoms with E-state index in [9.17, 15) is 18.0 Å². The maximum absolute atomic E-state index is 13.0. The lowest BCUT2D eigenvalue weighted by Gasteiger charge is -2.35. The van der Waals surface area contributed by atoms with Gasteiger partial charge in [0, 0.05) is 44.8 Å². The van der Waals surface area contributed by atoms with Gasteiger partial charge in [0.25, 0.3) is 5.91 Å². The molecule has 0 saturated carbocycles. The van der Waals surface area contributed by atoms with Gasteiger partial charge in [-0.2, -0.15) is 4.31 Å². The van der Waals surface area contributed by atoms with Gasteiger partial charge in [-0.25, -0.2) is 13.2 Å². The average molecular weight is 472 g/mol. The Labute approximate surface area is 189 Å². The summed E-state index contributed by atoms with van der Waals surface area (Å²) in [5.41, 5.74) is -0.311. The monoisotopic (exact) mass is 471 g/mol. The van der Waals surface area contributed by atoms with Gasteiger partial charge in [0.2, 0.25) is 10.0 Å². The molecule has 172 valence electrons. The van der Waals surface area contributed by atoms with Crippen molar-refractivity contribution < 1.29 is 22.7 Å². The molecule has 0 aromatic heterocycles. The summed E-state index contributed by atoms with van der Waals surface area (Å²) in [7, 11) is -3.76. The van der Waals surface area contributed by atoms with E-state index in [1.54, 1.807) is 36.6 Å². The number of rotatable bonds is 3. The van der Waals surface area contributed by atoms with E-state index in [1.807, 2.05) is 0 Å². The Hall–Kier alpha value is -1.84. The summed E-state index contributed by atoms with van der Waals surface area (Å²) >= 11 is 6.21. The molecule has 2 aliphatic rings. The molecule has 2 saturated heterocycles. The lowest BCUT2D eigenvalue weighted by atomic mass is 10.2. The zero-order valence-electron chi connectivity index (χ0n) is 18.3. The van der Waals surface area contributed by atoms with E-state index in [4.69, 9.17) is 16.3 Å². The average Bonchev–Trinajstić information content (AvgIpc) is 2.73. The van der Waals surface area contributed by atoms with Gasteiger partial charge < -0.3 is 14.5 Å². The fourth-order valence-corrected chi connectivity index (χ4v) is 5.70. The quantitative estimate of drug-likeness (QED) is 0.675. The van der Waals surface area contributed by atoms with Gasteiger partial charge >= 0.3 is 6.09 Å². The molecule has 2 fully saturated rings. The van der Waals surface area contributed by atoms with Crippen LogP contribution < -0.4 is 0 Å². The van der Waals surface area contributed by atoms with Gasteiger partial charge in [-0.1, -0.05) is 18.0 Å². The Balaban J connectivity index is 1.70. The highest BCUT2D eigenvalue weighted by Gasteiger charge is 2.31. The number of amides is 2. The second-order valence-corrected chi connectivity index (χ2v) is 11.2. The van der Waals surface area contributed by atoms with Crippen LogP contribution in [0.25, 0.3) is 0 Å². The van der Waals surface area contributed by atoms with Crippen LogP contribution in [0.3, 0.4) is 0 Å². The molecular formula is C21H30ClN3O5S. The molecule has 1 aromatic rings. The molecule has 10 heteroatoms. The number of ether oxygens (including phenoxy) is 1. The third kappa shape index (κ3) is 5.70. The summed E-state index contributed by atoms with van der Waals surface area (Å²) in [6, 6.07) is 4.37. The van der Waals surface area contributed by atoms with Gasteiger partial charge in [-0.3, -0.25) is 4.79 Å². The first kappa shape index (κ1) is 23.8. The number of halogens is 1. The Kier molecular flexibility index (Phi) is 7.18. The highest BCUT2D eigenvalue weighted by Crippen LogP contribution is 2.28. The third-order valence-corrected chi connectivity index (χ3v) is 7.71. The van der Waals surface area contributed by atoms with Crippen LogP contribution in [0.5, 0.6) is 0 Å². The van der Waals surface area contributed by atoms with E-state index < -0.39 is 21.7 Å². The fraction of sp³-hybridized carbons (Fsp3) is 0.619. The molecule has 1 aromatic carbocycles. The van der Waals surface area contributed by atoms with Crippen molar-refractivity contribution in [2.45, 2.75) is 50.5 Å². The highest BCUT2D eigenvalue weighted by atomic mass is 35.5. The summed E-state index contributed by atoms with van der Waals surface area (Å²) in [6.45, 7) is 7.74. The van der Waals surface area contributed by atoms with Crippen LogP contribution in [0.1, 0.15) is 50.4 Å². The summed E-state index contributed by atoms with van der Waals surface area (Å²) in [5, 5.41) is 0.108. The molecule has 2 amide bonds. The van der Waals surface area contributed by atoms with Crippen molar-refractivity contribution in [3.8, 4) is 0 Å². The number of piperidine rings is 1. The van der Waals surface area contributed by atoms with Crippen LogP contribution in [0.15, 0.2) is 23.1 Å². The largest absolute Gasteiger partial charge is 0.444 e. The molecule has 0 bridgehead atoms. The van der Waals surface area contributed by atoms with Crippen molar-refractivity contribution in [2.24, 2.45) is 0 Å². The molecule has 0 N–H and O–H groups in total. The Bertz CT molecular complexity index is 931. The van der Waals surface area contributed by atoms with Crippen molar-refractivity contribution in [1.82, 2.24) is 14.1 Å². The highest BCUT2D eigenvalue weighted by molar-refractivity contribution is 7.89. The minimum absolute atomic E-state index is 0.0330. The molecule has 2 aliphatic heterocycles. The smallest absolute Gasteiger partial charge is 0.410 e. The van der Waals surface area contributed by atoms with Crippen LogP contribution in [-0.2, 0) is 14.8 Å². The van der Waals surface area contributed by atoms with Gasteiger partial charge in [0.1, 0.15) is 10.5 Å². The second kappa shape index (κ2) is 9.34. The maximum Gasteiger partial charge on any atom is 0.410 e. The number of hydrogen-bond acceptors (Lipinski definition) is 5. The van der Waals surface area contributed by atoms with Crippen LogP contribution in [0.4, 0.5) is 4.79 Å². The SMILES string of the molecule is CC(C)(C)OC(=O)N1CCN(C(=O)c2ccc(Cl)c(S(=O)(=O)N3CCCCC3)c2)CC1. The van der Waals surface area contributed by atoms with Crippen molar-refractivity contribution in [2.75, 3.05) is 39.3 Å². The summed E-state index contributed by atoms with van der Waals surface area (Å²) in [4.78, 5) is 28.4. The number of carbonyl (C=O) groups is 2. The first-order valence-electron chi connectivity index (χ1n) is 10.6. The number of piperazine rings is 1. The predicted molar refractivity (Wildman–Crippen MR) is 118 cm³/mol. The topological polar surface area (TPSA) is 87.2 Å². The number of hydrogen-bond donors (Lipinski definition) is 0. The molecule has 2 heterocycles. The van der Waals surface area contributed by atoms with E-state index in [1.165, 1.54) is 16.4 Å². The predicted octanol–water partition coefficient (Wildman–Crippen LogP) is 3.21. The number of nitrogens with zero attached hydrogens (tertiary/aromatic N) is 3. The molecule has 0 unspecified atom stereocenters. The molecule has 8 nitrogen and oxygen atoms in total. The van der Waals surface area contributed by atoms with E-state index in [-0.39, 0.29) is 21.4 Å². The van der Waals surface area contributed by atoms with Crippen LogP contribution in [0.2, 0.25) is 5.02 Å². The van der Waals surface area contributed by atoms with Crippen LogP contribution >= 0.6 is 11.6 Å². The first-order valence-corrected chi connectivity index (χ1v) is 12.4. The lowest BCUT2D eigenvalue weighted by Crippen LogP contribution is -2.51. The Morgan fingerprint density at radius 1 is 0.935 bits per heavy atom. The van der Waals surface area contributed by atoms with Gasteiger partial charge in [-0.15, -0.1) is 0 Å². The number of carbonyl (C=O) groups excluding carboxylic acids is 2. The van der Waals surface area contributed by atoms with Crippen molar-refractivity contribution in [3.63, 3.8) is 0 Å². The Morgan fingerprint density at radius 3 is 2.10 bits per heavy atom. The van der Waals surface area contributed by atoms with E-state index in [2.05, 4.69) is 0 Å². The Morgan fingerprint density at radius 2 is 1.52 bits per heavy atom. The summed E-state index contributed by atoms with van der Waals surface area (Å²) < 4.78 is 32.9. The minimum atomic E-state index is -3.76. The summed E-state index contributed by atoms with van der Waals surface area (Å²) in [5.74, 6) is -0.282. The molecule has 0 aliphatic carbocycles. The van der Waals surface area contributed by atoms with E-state index in [0.717, 1.165) is 19.3 Å².